The SMILES string of the molecule is FC(F)=COC(F)(OC=C(F)F)C(F)(F)F. The second kappa shape index (κ2) is 5.03. The molecule has 0 aromatic rings. The molecule has 94 valence electrons. The van der Waals surface area contributed by atoms with E-state index in [2.05, 4.69) is 9.47 Å². The molecule has 0 saturated carbocycles. The summed E-state index contributed by atoms with van der Waals surface area (Å²) in [5.74, 6) is 0. The third-order valence-corrected chi connectivity index (χ3v) is 0.938. The quantitative estimate of drug-likeness (QED) is 0.435. The molecule has 0 saturated heterocycles. The normalized spacial score (nSPS) is 11.8. The fourth-order valence-electron chi connectivity index (χ4n) is 0.402. The molecule has 0 aliphatic carbocycles. The molecule has 0 heterocycles. The first-order valence-electron chi connectivity index (χ1n) is 3.22. The molecule has 0 fully saturated rings. The average molecular weight is 258 g/mol. The number of rotatable bonds is 4. The molecule has 0 radical (unpaired) electrons. The smallest absolute Gasteiger partial charge is 0.422 e. The van der Waals surface area contributed by atoms with Gasteiger partial charge >= 0.3 is 24.4 Å². The Hall–Kier alpha value is -1.48. The van der Waals surface area contributed by atoms with E-state index in [9.17, 15) is 35.1 Å². The molecule has 0 amide bonds. The summed E-state index contributed by atoms with van der Waals surface area (Å²) in [5, 5.41) is 0. The van der Waals surface area contributed by atoms with Crippen LogP contribution in [0.25, 0.3) is 0 Å². The zero-order valence-electron chi connectivity index (χ0n) is 6.99. The van der Waals surface area contributed by atoms with E-state index in [0.29, 0.717) is 0 Å². The van der Waals surface area contributed by atoms with Crippen molar-refractivity contribution < 1.29 is 44.6 Å². The molecule has 0 aromatic heterocycles. The predicted molar refractivity (Wildman–Crippen MR) is 32.7 cm³/mol. The van der Waals surface area contributed by atoms with Crippen LogP contribution in [0.15, 0.2) is 24.7 Å². The Morgan fingerprint density at radius 1 is 0.750 bits per heavy atom. The number of ether oxygens (including phenoxy) is 2. The molecule has 0 aromatic carbocycles. The third-order valence-electron chi connectivity index (χ3n) is 0.938. The number of alkyl halides is 4. The van der Waals surface area contributed by atoms with Gasteiger partial charge in [-0.15, -0.1) is 4.39 Å². The summed E-state index contributed by atoms with van der Waals surface area (Å²) in [4.78, 5) is 0. The van der Waals surface area contributed by atoms with Crippen molar-refractivity contribution in [3.63, 3.8) is 0 Å². The standard InChI is InChI=1S/C6H2F8O2/c7-3(8)1-15-6(14,5(11,12)13)16-2-4(9)10/h1-2H. The molecule has 16 heavy (non-hydrogen) atoms. The lowest BCUT2D eigenvalue weighted by Crippen LogP contribution is -2.43. The van der Waals surface area contributed by atoms with Crippen LogP contribution in [0, 0.1) is 0 Å². The molecule has 0 spiro atoms. The summed E-state index contributed by atoms with van der Waals surface area (Å²) < 4.78 is 99.3. The van der Waals surface area contributed by atoms with Crippen LogP contribution in [0.3, 0.4) is 0 Å². The highest BCUT2D eigenvalue weighted by Crippen LogP contribution is 2.37. The molecular weight excluding hydrogens is 256 g/mol. The molecule has 0 unspecified atom stereocenters. The lowest BCUT2D eigenvalue weighted by Gasteiger charge is -2.24. The first-order chi connectivity index (χ1) is 7.08. The van der Waals surface area contributed by atoms with Crippen molar-refractivity contribution in [3.05, 3.63) is 24.7 Å². The molecule has 0 rings (SSSR count). The zero-order valence-corrected chi connectivity index (χ0v) is 6.99. The molecule has 0 aliphatic heterocycles. The van der Waals surface area contributed by atoms with Gasteiger partial charge < -0.3 is 9.47 Å². The van der Waals surface area contributed by atoms with Crippen molar-refractivity contribution in [2.24, 2.45) is 0 Å². The van der Waals surface area contributed by atoms with E-state index in [0.717, 1.165) is 0 Å². The van der Waals surface area contributed by atoms with Crippen LogP contribution in [-0.2, 0) is 9.47 Å². The van der Waals surface area contributed by atoms with Crippen LogP contribution in [0.1, 0.15) is 0 Å². The van der Waals surface area contributed by atoms with Crippen LogP contribution < -0.4 is 0 Å². The van der Waals surface area contributed by atoms with Gasteiger partial charge in [0, 0.05) is 0 Å². The molecule has 2 nitrogen and oxygen atoms in total. The number of hydrogen-bond acceptors (Lipinski definition) is 2. The highest BCUT2D eigenvalue weighted by atomic mass is 19.4. The average Bonchev–Trinajstić information content (AvgIpc) is 2.09. The lowest BCUT2D eigenvalue weighted by atomic mass is 10.5. The minimum atomic E-state index is -5.94. The Bertz CT molecular complexity index is 265. The maximum Gasteiger partial charge on any atom is 0.509 e. The Morgan fingerprint density at radius 2 is 1.06 bits per heavy atom. The third kappa shape index (κ3) is 4.36. The van der Waals surface area contributed by atoms with Gasteiger partial charge in [0.05, 0.1) is 0 Å². The first kappa shape index (κ1) is 14.5. The Morgan fingerprint density at radius 3 is 1.25 bits per heavy atom. The van der Waals surface area contributed by atoms with Crippen molar-refractivity contribution >= 4 is 0 Å². The number of hydrogen-bond donors (Lipinski definition) is 0. The van der Waals surface area contributed by atoms with E-state index >= 15 is 0 Å². The maximum absolute atomic E-state index is 12.7. The summed E-state index contributed by atoms with van der Waals surface area (Å²) in [6.45, 7) is 0. The molecule has 0 aliphatic rings. The monoisotopic (exact) mass is 258 g/mol. The fraction of sp³-hybridized carbons (Fsp3) is 0.333. The lowest BCUT2D eigenvalue weighted by molar-refractivity contribution is -0.410. The van der Waals surface area contributed by atoms with Gasteiger partial charge in [0.1, 0.15) is 0 Å². The van der Waals surface area contributed by atoms with Gasteiger partial charge in [0.25, 0.3) is 0 Å². The highest BCUT2D eigenvalue weighted by Gasteiger charge is 2.62. The fourth-order valence-corrected chi connectivity index (χ4v) is 0.402. The van der Waals surface area contributed by atoms with Crippen molar-refractivity contribution in [3.8, 4) is 0 Å². The minimum Gasteiger partial charge on any atom is -0.422 e. The van der Waals surface area contributed by atoms with Crippen molar-refractivity contribution in [2.45, 2.75) is 12.2 Å². The molecule has 0 bridgehead atoms. The van der Waals surface area contributed by atoms with Crippen LogP contribution >= 0.6 is 0 Å². The largest absolute Gasteiger partial charge is 0.509 e. The van der Waals surface area contributed by atoms with E-state index in [1.54, 1.807) is 0 Å². The van der Waals surface area contributed by atoms with Crippen LogP contribution in [0.5, 0.6) is 0 Å². The molecule has 0 atom stereocenters. The predicted octanol–water partition coefficient (Wildman–Crippen LogP) is 3.68. The highest BCUT2D eigenvalue weighted by molar-refractivity contribution is 4.80. The van der Waals surface area contributed by atoms with Gasteiger partial charge in [-0.25, -0.2) is 0 Å². The summed E-state index contributed by atoms with van der Waals surface area (Å²) in [6.07, 6.45) is -13.4. The van der Waals surface area contributed by atoms with Crippen LogP contribution in [0.2, 0.25) is 0 Å². The summed E-state index contributed by atoms with van der Waals surface area (Å²) >= 11 is 0. The van der Waals surface area contributed by atoms with E-state index in [1.807, 2.05) is 0 Å². The van der Waals surface area contributed by atoms with E-state index < -0.39 is 36.9 Å². The molecule has 0 N–H and O–H groups in total. The van der Waals surface area contributed by atoms with Gasteiger partial charge in [-0.3, -0.25) is 0 Å². The zero-order chi connectivity index (χ0) is 13.0. The molecule has 10 heteroatoms. The van der Waals surface area contributed by atoms with Gasteiger partial charge in [0.15, 0.2) is 12.5 Å². The first-order valence-corrected chi connectivity index (χ1v) is 3.22. The Balaban J connectivity index is 4.90. The number of halogens is 8. The Labute approximate surface area is 82.7 Å². The summed E-state index contributed by atoms with van der Waals surface area (Å²) in [5.41, 5.74) is 0. The Kier molecular flexibility index (Phi) is 4.57. The van der Waals surface area contributed by atoms with Gasteiger partial charge in [-0.2, -0.15) is 30.7 Å². The maximum atomic E-state index is 12.7. The van der Waals surface area contributed by atoms with Gasteiger partial charge in [-0.1, -0.05) is 0 Å². The van der Waals surface area contributed by atoms with E-state index in [-0.39, 0.29) is 0 Å². The topological polar surface area (TPSA) is 18.5 Å². The van der Waals surface area contributed by atoms with E-state index in [4.69, 9.17) is 0 Å². The van der Waals surface area contributed by atoms with Crippen molar-refractivity contribution in [1.82, 2.24) is 0 Å². The van der Waals surface area contributed by atoms with Gasteiger partial charge in [0.2, 0.25) is 0 Å². The minimum absolute atomic E-state index is 0.919. The van der Waals surface area contributed by atoms with Crippen molar-refractivity contribution in [2.75, 3.05) is 0 Å². The van der Waals surface area contributed by atoms with Crippen LogP contribution in [0.4, 0.5) is 35.1 Å². The van der Waals surface area contributed by atoms with Crippen molar-refractivity contribution in [1.29, 1.82) is 0 Å². The molecular formula is C6H2F8O2. The van der Waals surface area contributed by atoms with E-state index in [1.165, 1.54) is 0 Å². The van der Waals surface area contributed by atoms with Crippen LogP contribution in [-0.4, -0.2) is 12.2 Å². The second-order valence-corrected chi connectivity index (χ2v) is 2.08. The second-order valence-electron chi connectivity index (χ2n) is 2.08. The summed E-state index contributed by atoms with van der Waals surface area (Å²) in [6, 6.07) is -5.11. The van der Waals surface area contributed by atoms with Gasteiger partial charge in [-0.05, 0) is 0 Å². The summed E-state index contributed by atoms with van der Waals surface area (Å²) in [7, 11) is 0.